The molecule has 1 aromatic rings. The van der Waals surface area contributed by atoms with E-state index in [2.05, 4.69) is 10.3 Å². The number of carbonyl (C=O) groups is 1. The summed E-state index contributed by atoms with van der Waals surface area (Å²) in [6.07, 6.45) is 1.59. The minimum Gasteiger partial charge on any atom is -0.322 e. The summed E-state index contributed by atoms with van der Waals surface area (Å²) in [6.45, 7) is 7.59. The first-order valence-corrected chi connectivity index (χ1v) is 5.79. The number of halogens is 1. The number of nitrogens with two attached hydrogens (primary N) is 1. The van der Waals surface area contributed by atoms with Crippen LogP contribution < -0.4 is 11.1 Å². The molecule has 0 fully saturated rings. The van der Waals surface area contributed by atoms with Crippen molar-refractivity contribution in [3.8, 4) is 0 Å². The Morgan fingerprint density at radius 2 is 2.12 bits per heavy atom. The average molecular weight is 256 g/mol. The van der Waals surface area contributed by atoms with Crippen molar-refractivity contribution in [1.82, 2.24) is 4.98 Å². The zero-order chi connectivity index (χ0) is 13.2. The van der Waals surface area contributed by atoms with E-state index in [1.54, 1.807) is 12.3 Å². The maximum atomic E-state index is 11.9. The van der Waals surface area contributed by atoms with Crippen LogP contribution in [0.4, 0.5) is 5.69 Å². The monoisotopic (exact) mass is 255 g/mol. The van der Waals surface area contributed by atoms with E-state index in [9.17, 15) is 4.79 Å². The summed E-state index contributed by atoms with van der Waals surface area (Å²) in [5.74, 6) is -0.254. The topological polar surface area (TPSA) is 68.0 Å². The Hall–Kier alpha value is -1.13. The summed E-state index contributed by atoms with van der Waals surface area (Å²) >= 11 is 5.93. The molecule has 1 aromatic heterocycles. The second-order valence-electron chi connectivity index (χ2n) is 5.13. The number of carbonyl (C=O) groups excluding carboxylic acids is 1. The van der Waals surface area contributed by atoms with Crippen LogP contribution >= 0.6 is 11.6 Å². The summed E-state index contributed by atoms with van der Waals surface area (Å²) < 4.78 is 0. The van der Waals surface area contributed by atoms with Gasteiger partial charge in [-0.25, -0.2) is 4.98 Å². The van der Waals surface area contributed by atoms with Crippen molar-refractivity contribution in [2.75, 3.05) is 5.32 Å². The number of pyridine rings is 1. The van der Waals surface area contributed by atoms with Crippen molar-refractivity contribution >= 4 is 23.2 Å². The van der Waals surface area contributed by atoms with Crippen LogP contribution in [0.2, 0.25) is 5.15 Å². The lowest BCUT2D eigenvalue weighted by molar-refractivity contribution is -0.119. The number of aromatic nitrogens is 1. The summed E-state index contributed by atoms with van der Waals surface area (Å²) in [4.78, 5) is 15.9. The van der Waals surface area contributed by atoms with Gasteiger partial charge in [0, 0.05) is 6.20 Å². The molecule has 0 spiro atoms. The minimum atomic E-state index is -0.599. The maximum absolute atomic E-state index is 11.9. The van der Waals surface area contributed by atoms with E-state index in [1.807, 2.05) is 27.7 Å². The van der Waals surface area contributed by atoms with Crippen LogP contribution in [0.3, 0.4) is 0 Å². The SMILES string of the molecule is Cc1ccnc(Cl)c1NC(=O)[C@@H](N)C(C)(C)C. The molecule has 0 aromatic carbocycles. The van der Waals surface area contributed by atoms with E-state index in [0.717, 1.165) is 5.56 Å². The number of aryl methyl sites for hydroxylation is 1. The summed E-state index contributed by atoms with van der Waals surface area (Å²) in [7, 11) is 0. The van der Waals surface area contributed by atoms with Gasteiger partial charge in [-0.05, 0) is 24.0 Å². The number of hydrogen-bond acceptors (Lipinski definition) is 3. The van der Waals surface area contributed by atoms with Crippen molar-refractivity contribution in [1.29, 1.82) is 0 Å². The first-order valence-electron chi connectivity index (χ1n) is 5.41. The molecule has 0 saturated heterocycles. The number of anilines is 1. The molecule has 5 heteroatoms. The van der Waals surface area contributed by atoms with E-state index >= 15 is 0 Å². The zero-order valence-electron chi connectivity index (χ0n) is 10.5. The first-order chi connectivity index (χ1) is 7.73. The molecule has 94 valence electrons. The predicted molar refractivity (Wildman–Crippen MR) is 70.0 cm³/mol. The van der Waals surface area contributed by atoms with Crippen molar-refractivity contribution in [3.05, 3.63) is 23.0 Å². The predicted octanol–water partition coefficient (Wildman–Crippen LogP) is 2.36. The number of nitrogens with zero attached hydrogens (tertiary/aromatic N) is 1. The van der Waals surface area contributed by atoms with Crippen molar-refractivity contribution in [3.63, 3.8) is 0 Å². The Balaban J connectivity index is 2.89. The molecular weight excluding hydrogens is 238 g/mol. The molecule has 0 saturated carbocycles. The Labute approximate surface area is 107 Å². The van der Waals surface area contributed by atoms with E-state index in [4.69, 9.17) is 17.3 Å². The smallest absolute Gasteiger partial charge is 0.241 e. The number of rotatable bonds is 2. The Kier molecular flexibility index (Phi) is 4.11. The van der Waals surface area contributed by atoms with Gasteiger partial charge in [0.1, 0.15) is 0 Å². The fourth-order valence-electron chi connectivity index (χ4n) is 1.27. The second-order valence-corrected chi connectivity index (χ2v) is 5.48. The van der Waals surface area contributed by atoms with Gasteiger partial charge in [-0.2, -0.15) is 0 Å². The lowest BCUT2D eigenvalue weighted by Crippen LogP contribution is -2.45. The molecule has 1 rings (SSSR count). The Bertz CT molecular complexity index is 406. The molecular formula is C12H18ClN3O. The van der Waals surface area contributed by atoms with Gasteiger partial charge in [-0.1, -0.05) is 32.4 Å². The fourth-order valence-corrected chi connectivity index (χ4v) is 1.52. The number of nitrogens with one attached hydrogen (secondary N) is 1. The van der Waals surface area contributed by atoms with E-state index < -0.39 is 6.04 Å². The lowest BCUT2D eigenvalue weighted by Gasteiger charge is -2.26. The molecule has 1 atom stereocenters. The number of amides is 1. The highest BCUT2D eigenvalue weighted by atomic mass is 35.5. The van der Waals surface area contributed by atoms with Crippen molar-refractivity contribution in [2.24, 2.45) is 11.1 Å². The Morgan fingerprint density at radius 3 is 2.59 bits per heavy atom. The third-order valence-corrected chi connectivity index (χ3v) is 2.86. The molecule has 17 heavy (non-hydrogen) atoms. The summed E-state index contributed by atoms with van der Waals surface area (Å²) in [5, 5.41) is 3.00. The third-order valence-electron chi connectivity index (χ3n) is 2.58. The average Bonchev–Trinajstić information content (AvgIpc) is 2.21. The van der Waals surface area contributed by atoms with Crippen LogP contribution in [-0.2, 0) is 4.79 Å². The second kappa shape index (κ2) is 5.02. The molecule has 1 amide bonds. The largest absolute Gasteiger partial charge is 0.322 e. The van der Waals surface area contributed by atoms with Crippen molar-refractivity contribution < 1.29 is 4.79 Å². The molecule has 0 aliphatic heterocycles. The molecule has 4 nitrogen and oxygen atoms in total. The van der Waals surface area contributed by atoms with Crippen LogP contribution in [0.25, 0.3) is 0 Å². The molecule has 0 aliphatic rings. The van der Waals surface area contributed by atoms with Crippen LogP contribution in [0.15, 0.2) is 12.3 Å². The zero-order valence-corrected chi connectivity index (χ0v) is 11.3. The first kappa shape index (κ1) is 13.9. The maximum Gasteiger partial charge on any atom is 0.241 e. The summed E-state index contributed by atoms with van der Waals surface area (Å²) in [6, 6.07) is 1.18. The van der Waals surface area contributed by atoms with Crippen LogP contribution in [0.5, 0.6) is 0 Å². The highest BCUT2D eigenvalue weighted by Crippen LogP contribution is 2.24. The molecule has 0 unspecified atom stereocenters. The van der Waals surface area contributed by atoms with Crippen LogP contribution in [-0.4, -0.2) is 16.9 Å². The van der Waals surface area contributed by atoms with Gasteiger partial charge in [0.25, 0.3) is 0 Å². The highest BCUT2D eigenvalue weighted by Gasteiger charge is 2.28. The molecule has 0 radical (unpaired) electrons. The van der Waals surface area contributed by atoms with Crippen LogP contribution in [0, 0.1) is 12.3 Å². The van der Waals surface area contributed by atoms with Gasteiger partial charge in [0.2, 0.25) is 5.91 Å². The quantitative estimate of drug-likeness (QED) is 0.797. The molecule has 3 N–H and O–H groups in total. The van der Waals surface area contributed by atoms with Gasteiger partial charge in [-0.15, -0.1) is 0 Å². The van der Waals surface area contributed by atoms with E-state index in [-0.39, 0.29) is 16.5 Å². The minimum absolute atomic E-state index is 0.254. The fraction of sp³-hybridized carbons (Fsp3) is 0.500. The highest BCUT2D eigenvalue weighted by molar-refractivity contribution is 6.32. The number of hydrogen-bond donors (Lipinski definition) is 2. The molecule has 0 bridgehead atoms. The van der Waals surface area contributed by atoms with E-state index in [1.165, 1.54) is 0 Å². The normalized spacial score (nSPS) is 13.3. The lowest BCUT2D eigenvalue weighted by atomic mass is 9.87. The third kappa shape index (κ3) is 3.41. The van der Waals surface area contributed by atoms with Gasteiger partial charge >= 0.3 is 0 Å². The van der Waals surface area contributed by atoms with Crippen LogP contribution in [0.1, 0.15) is 26.3 Å². The van der Waals surface area contributed by atoms with Gasteiger partial charge in [0.15, 0.2) is 5.15 Å². The van der Waals surface area contributed by atoms with Gasteiger partial charge < -0.3 is 11.1 Å². The summed E-state index contributed by atoms with van der Waals surface area (Å²) in [5.41, 5.74) is 6.96. The standard InChI is InChI=1S/C12H18ClN3O/c1-7-5-6-15-10(13)8(7)16-11(17)9(14)12(2,3)4/h5-6,9H,14H2,1-4H3,(H,16,17)/t9-/m1/s1. The van der Waals surface area contributed by atoms with Gasteiger partial charge in [-0.3, -0.25) is 4.79 Å². The van der Waals surface area contributed by atoms with E-state index in [0.29, 0.717) is 5.69 Å². The molecule has 0 aliphatic carbocycles. The Morgan fingerprint density at radius 1 is 1.53 bits per heavy atom. The van der Waals surface area contributed by atoms with Gasteiger partial charge in [0.05, 0.1) is 11.7 Å². The molecule has 1 heterocycles. The van der Waals surface area contributed by atoms with Crippen molar-refractivity contribution in [2.45, 2.75) is 33.7 Å².